The maximum atomic E-state index is 6.03. The van der Waals surface area contributed by atoms with Crippen molar-refractivity contribution in [1.82, 2.24) is 10.2 Å². The number of hydrogen-bond acceptors (Lipinski definition) is 3. The van der Waals surface area contributed by atoms with E-state index >= 15 is 0 Å². The molecule has 0 unspecified atom stereocenters. The molecule has 1 saturated heterocycles. The Labute approximate surface area is 177 Å². The molecule has 1 N–H and O–H groups in total. The fourth-order valence-electron chi connectivity index (χ4n) is 3.57. The third kappa shape index (κ3) is 5.31. The molecule has 1 heterocycles. The molecule has 2 fully saturated rings. The van der Waals surface area contributed by atoms with Crippen LogP contribution in [0.2, 0.25) is 5.02 Å². The lowest BCUT2D eigenvalue weighted by Gasteiger charge is -2.36. The second kappa shape index (κ2) is 10.2. The zero-order valence-corrected chi connectivity index (χ0v) is 17.8. The Bertz CT molecular complexity index is 686. The van der Waals surface area contributed by atoms with Gasteiger partial charge in [0.1, 0.15) is 0 Å². The summed E-state index contributed by atoms with van der Waals surface area (Å²) in [5.41, 5.74) is 1.50. The van der Waals surface area contributed by atoms with Gasteiger partial charge in [0.25, 0.3) is 0 Å². The lowest BCUT2D eigenvalue weighted by molar-refractivity contribution is 0.154. The molecule has 4 rings (SSSR count). The number of hydrogen-bond donors (Lipinski definition) is 1. The molecule has 142 valence electrons. The van der Waals surface area contributed by atoms with Crippen molar-refractivity contribution in [3.05, 3.63) is 59.1 Å². The Balaban J connectivity index is 0.00000121. The zero-order chi connectivity index (χ0) is 16.4. The van der Waals surface area contributed by atoms with Gasteiger partial charge in [0.05, 0.1) is 0 Å². The molecule has 1 aliphatic carbocycles. The average Bonchev–Trinajstić information content (AvgIpc) is 3.45. The van der Waals surface area contributed by atoms with E-state index in [9.17, 15) is 0 Å². The van der Waals surface area contributed by atoms with Crippen molar-refractivity contribution < 1.29 is 0 Å². The van der Waals surface area contributed by atoms with Crippen LogP contribution >= 0.6 is 48.2 Å². The summed E-state index contributed by atoms with van der Waals surface area (Å²) in [7, 11) is 0. The van der Waals surface area contributed by atoms with Crippen LogP contribution in [0.1, 0.15) is 24.4 Å². The van der Waals surface area contributed by atoms with E-state index in [0.717, 1.165) is 37.1 Å². The molecule has 2 nitrogen and oxygen atoms in total. The molecule has 1 atom stereocenters. The number of nitrogens with zero attached hydrogens (tertiary/aromatic N) is 1. The third-order valence-electron chi connectivity index (χ3n) is 4.89. The molecule has 0 radical (unpaired) electrons. The van der Waals surface area contributed by atoms with Crippen LogP contribution in [0.5, 0.6) is 0 Å². The minimum absolute atomic E-state index is 0. The summed E-state index contributed by atoms with van der Waals surface area (Å²) in [4.78, 5) is 5.33. The SMILES string of the molecule is Cl.Cl.Clc1ccc(Sc2ccccc2[C@H](C2CC2)N2CCNCC2)cc1. The second-order valence-electron chi connectivity index (χ2n) is 6.66. The van der Waals surface area contributed by atoms with E-state index in [1.165, 1.54) is 28.2 Å². The van der Waals surface area contributed by atoms with Crippen molar-refractivity contribution in [3.63, 3.8) is 0 Å². The van der Waals surface area contributed by atoms with E-state index < -0.39 is 0 Å². The molecule has 2 aromatic carbocycles. The highest BCUT2D eigenvalue weighted by Gasteiger charge is 2.37. The maximum absolute atomic E-state index is 6.03. The number of halogens is 3. The number of benzene rings is 2. The molecule has 0 amide bonds. The topological polar surface area (TPSA) is 15.3 Å². The standard InChI is InChI=1S/C20H23ClN2S.2ClH/c21-16-7-9-17(10-8-16)24-19-4-2-1-3-18(19)20(15-5-6-15)23-13-11-22-12-14-23;;/h1-4,7-10,15,20,22H,5-6,11-14H2;2*1H/t20-;;/m0../s1. The highest BCUT2D eigenvalue weighted by molar-refractivity contribution is 7.99. The summed E-state index contributed by atoms with van der Waals surface area (Å²) in [5, 5.41) is 4.28. The van der Waals surface area contributed by atoms with Crippen molar-refractivity contribution in [1.29, 1.82) is 0 Å². The molecule has 2 aromatic rings. The summed E-state index contributed by atoms with van der Waals surface area (Å²) >= 11 is 7.89. The van der Waals surface area contributed by atoms with Gasteiger partial charge in [-0.25, -0.2) is 0 Å². The molecular formula is C20H25Cl3N2S. The number of rotatable bonds is 5. The summed E-state index contributed by atoms with van der Waals surface area (Å²) in [6, 6.07) is 17.7. The van der Waals surface area contributed by atoms with Crippen molar-refractivity contribution in [2.24, 2.45) is 5.92 Å². The first-order valence-corrected chi connectivity index (χ1v) is 9.98. The molecular weight excluding hydrogens is 407 g/mol. The van der Waals surface area contributed by atoms with Gasteiger partial charge in [-0.2, -0.15) is 0 Å². The van der Waals surface area contributed by atoms with Crippen molar-refractivity contribution >= 4 is 48.2 Å². The van der Waals surface area contributed by atoms with Crippen molar-refractivity contribution in [3.8, 4) is 0 Å². The average molecular weight is 432 g/mol. The van der Waals surface area contributed by atoms with Crippen LogP contribution < -0.4 is 5.32 Å². The lowest BCUT2D eigenvalue weighted by atomic mass is 10.00. The van der Waals surface area contributed by atoms with Crippen LogP contribution in [0.25, 0.3) is 0 Å². The summed E-state index contributed by atoms with van der Waals surface area (Å²) in [6.07, 6.45) is 2.74. The normalized spacial score (nSPS) is 18.5. The van der Waals surface area contributed by atoms with Gasteiger partial charge >= 0.3 is 0 Å². The summed E-state index contributed by atoms with van der Waals surface area (Å²) < 4.78 is 0. The fourth-order valence-corrected chi connectivity index (χ4v) is 4.67. The van der Waals surface area contributed by atoms with E-state index in [1.54, 1.807) is 0 Å². The Morgan fingerprint density at radius 1 is 0.962 bits per heavy atom. The molecule has 1 saturated carbocycles. The van der Waals surface area contributed by atoms with E-state index in [1.807, 2.05) is 23.9 Å². The van der Waals surface area contributed by atoms with Gasteiger partial charge in [-0.1, -0.05) is 41.6 Å². The Morgan fingerprint density at radius 3 is 2.27 bits per heavy atom. The van der Waals surface area contributed by atoms with Crippen molar-refractivity contribution in [2.75, 3.05) is 26.2 Å². The minimum Gasteiger partial charge on any atom is -0.314 e. The smallest absolute Gasteiger partial charge is 0.0406 e. The summed E-state index contributed by atoms with van der Waals surface area (Å²) in [6.45, 7) is 4.52. The Morgan fingerprint density at radius 2 is 1.62 bits per heavy atom. The summed E-state index contributed by atoms with van der Waals surface area (Å²) in [5.74, 6) is 0.829. The van der Waals surface area contributed by atoms with Gasteiger partial charge in [-0.15, -0.1) is 24.8 Å². The van der Waals surface area contributed by atoms with Crippen molar-refractivity contribution in [2.45, 2.75) is 28.7 Å². The van der Waals surface area contributed by atoms with E-state index in [2.05, 4.69) is 46.6 Å². The van der Waals surface area contributed by atoms with Gasteiger partial charge < -0.3 is 5.32 Å². The third-order valence-corrected chi connectivity index (χ3v) is 6.24. The number of nitrogens with one attached hydrogen (secondary N) is 1. The molecule has 6 heteroatoms. The van der Waals surface area contributed by atoms with Crippen LogP contribution in [0, 0.1) is 5.92 Å². The van der Waals surface area contributed by atoms with Gasteiger partial charge in [-0.05, 0) is 54.7 Å². The van der Waals surface area contributed by atoms with Gasteiger partial charge in [-0.3, -0.25) is 4.90 Å². The highest BCUT2D eigenvalue weighted by atomic mass is 35.5. The lowest BCUT2D eigenvalue weighted by Crippen LogP contribution is -2.45. The predicted octanol–water partition coefficient (Wildman–Crippen LogP) is 5.69. The molecule has 0 aromatic heterocycles. The second-order valence-corrected chi connectivity index (χ2v) is 8.21. The largest absolute Gasteiger partial charge is 0.314 e. The Kier molecular flexibility index (Phi) is 8.59. The molecule has 0 spiro atoms. The van der Waals surface area contributed by atoms with Crippen LogP contribution in [0.4, 0.5) is 0 Å². The quantitative estimate of drug-likeness (QED) is 0.654. The molecule has 26 heavy (non-hydrogen) atoms. The zero-order valence-electron chi connectivity index (χ0n) is 14.6. The van der Waals surface area contributed by atoms with E-state index in [4.69, 9.17) is 11.6 Å². The first kappa shape index (κ1) is 21.9. The van der Waals surface area contributed by atoms with Crippen LogP contribution in [-0.4, -0.2) is 31.1 Å². The van der Waals surface area contributed by atoms with Gasteiger partial charge in [0, 0.05) is 47.0 Å². The van der Waals surface area contributed by atoms with Gasteiger partial charge in [0.2, 0.25) is 0 Å². The molecule has 0 bridgehead atoms. The van der Waals surface area contributed by atoms with Crippen LogP contribution in [-0.2, 0) is 0 Å². The number of piperazine rings is 1. The van der Waals surface area contributed by atoms with E-state index in [0.29, 0.717) is 6.04 Å². The van der Waals surface area contributed by atoms with Gasteiger partial charge in [0.15, 0.2) is 0 Å². The molecule has 2 aliphatic rings. The highest BCUT2D eigenvalue weighted by Crippen LogP contribution is 2.47. The van der Waals surface area contributed by atoms with Crippen LogP contribution in [0.3, 0.4) is 0 Å². The Hall–Kier alpha value is -0.420. The molecule has 1 aliphatic heterocycles. The fraction of sp³-hybridized carbons (Fsp3) is 0.400. The first-order chi connectivity index (χ1) is 11.8. The van der Waals surface area contributed by atoms with Crippen LogP contribution in [0.15, 0.2) is 58.3 Å². The monoisotopic (exact) mass is 430 g/mol. The maximum Gasteiger partial charge on any atom is 0.0406 e. The predicted molar refractivity (Wildman–Crippen MR) is 116 cm³/mol. The minimum atomic E-state index is 0. The first-order valence-electron chi connectivity index (χ1n) is 8.78. The van der Waals surface area contributed by atoms with E-state index in [-0.39, 0.29) is 24.8 Å².